The van der Waals surface area contributed by atoms with E-state index in [4.69, 9.17) is 14.7 Å². The molecule has 6 nitrogen and oxygen atoms in total. The molecule has 0 atom stereocenters. The van der Waals surface area contributed by atoms with E-state index in [1.54, 1.807) is 0 Å². The Hall–Kier alpha value is -2.88. The number of anilines is 2. The summed E-state index contributed by atoms with van der Waals surface area (Å²) in [4.78, 5) is 17.5. The Labute approximate surface area is 172 Å². The van der Waals surface area contributed by atoms with Gasteiger partial charge in [-0.25, -0.2) is 18.7 Å². The molecule has 0 aliphatic carbocycles. The normalized spacial score (nSPS) is 10.7. The van der Waals surface area contributed by atoms with Crippen LogP contribution < -0.4 is 10.8 Å². The van der Waals surface area contributed by atoms with Gasteiger partial charge >= 0.3 is 0 Å². The number of rotatable bonds is 11. The number of aliphatic hydroxyl groups excluding tert-OH is 1. The van der Waals surface area contributed by atoms with Crippen LogP contribution in [-0.2, 0) is 16.2 Å². The minimum Gasteiger partial charge on any atom is -0.394 e. The van der Waals surface area contributed by atoms with Gasteiger partial charge < -0.3 is 15.2 Å². The maximum absolute atomic E-state index is 14.8. The number of nitrogens with one attached hydrogen (secondary N) is 2. The van der Waals surface area contributed by atoms with Crippen LogP contribution in [0.4, 0.5) is 24.5 Å². The van der Waals surface area contributed by atoms with Crippen LogP contribution in [0.3, 0.4) is 0 Å². The average Bonchev–Trinajstić information content (AvgIpc) is 2.74. The second-order valence-corrected chi connectivity index (χ2v) is 6.21. The number of benzene rings is 2. The van der Waals surface area contributed by atoms with Crippen molar-refractivity contribution in [2.75, 3.05) is 25.1 Å². The summed E-state index contributed by atoms with van der Waals surface area (Å²) in [5, 5.41) is 11.2. The van der Waals surface area contributed by atoms with Gasteiger partial charge in [0.15, 0.2) is 11.6 Å². The molecule has 0 saturated heterocycles. The number of carbonyl (C=O) groups is 1. The average molecular weight is 424 g/mol. The van der Waals surface area contributed by atoms with Crippen molar-refractivity contribution >= 4 is 23.4 Å². The maximum atomic E-state index is 14.8. The third kappa shape index (κ3) is 5.82. The Morgan fingerprint density at radius 2 is 1.97 bits per heavy atom. The van der Waals surface area contributed by atoms with Gasteiger partial charge in [-0.2, -0.15) is 0 Å². The van der Waals surface area contributed by atoms with Crippen LogP contribution in [0, 0.1) is 17.5 Å². The SMILES string of the molecule is C=Cc1ccc(Nc2c(C(=O)NOCCC)cc(COCCO)c(F)c2F)c(F)c1. The molecule has 0 aromatic heterocycles. The third-order valence-electron chi connectivity index (χ3n) is 3.98. The number of ether oxygens (including phenoxy) is 1. The van der Waals surface area contributed by atoms with Gasteiger partial charge in [-0.05, 0) is 30.2 Å². The molecule has 1 amide bonds. The van der Waals surface area contributed by atoms with Crippen molar-refractivity contribution in [3.63, 3.8) is 0 Å². The topological polar surface area (TPSA) is 79.8 Å². The van der Waals surface area contributed by atoms with Gasteiger partial charge in [0.05, 0.1) is 43.4 Å². The van der Waals surface area contributed by atoms with Crippen LogP contribution in [0.25, 0.3) is 6.08 Å². The molecule has 2 aromatic carbocycles. The molecule has 0 aliphatic rings. The molecular weight excluding hydrogens is 401 g/mol. The van der Waals surface area contributed by atoms with E-state index in [-0.39, 0.29) is 43.2 Å². The largest absolute Gasteiger partial charge is 0.394 e. The molecule has 0 spiro atoms. The van der Waals surface area contributed by atoms with Crippen molar-refractivity contribution in [3.8, 4) is 0 Å². The van der Waals surface area contributed by atoms with Gasteiger partial charge in [0.2, 0.25) is 0 Å². The molecule has 2 rings (SSSR count). The number of hydroxylamine groups is 1. The zero-order valence-corrected chi connectivity index (χ0v) is 16.4. The smallest absolute Gasteiger partial charge is 0.277 e. The molecule has 0 fully saturated rings. The lowest BCUT2D eigenvalue weighted by atomic mass is 10.1. The van der Waals surface area contributed by atoms with Crippen molar-refractivity contribution < 1.29 is 32.6 Å². The van der Waals surface area contributed by atoms with Gasteiger partial charge in [-0.15, -0.1) is 0 Å². The Morgan fingerprint density at radius 1 is 1.20 bits per heavy atom. The van der Waals surface area contributed by atoms with E-state index in [2.05, 4.69) is 17.4 Å². The molecule has 0 bridgehead atoms. The van der Waals surface area contributed by atoms with E-state index in [0.29, 0.717) is 12.0 Å². The van der Waals surface area contributed by atoms with E-state index in [0.717, 1.165) is 12.1 Å². The summed E-state index contributed by atoms with van der Waals surface area (Å²) >= 11 is 0. The molecule has 0 saturated carbocycles. The van der Waals surface area contributed by atoms with Crippen molar-refractivity contribution in [1.29, 1.82) is 0 Å². The molecule has 30 heavy (non-hydrogen) atoms. The highest BCUT2D eigenvalue weighted by Gasteiger charge is 2.24. The highest BCUT2D eigenvalue weighted by molar-refractivity contribution is 6.00. The number of amides is 1. The van der Waals surface area contributed by atoms with Crippen LogP contribution in [0.1, 0.15) is 34.8 Å². The monoisotopic (exact) mass is 424 g/mol. The minimum absolute atomic E-state index is 0.0942. The Bertz CT molecular complexity index is 906. The molecular formula is C21H23F3N2O4. The summed E-state index contributed by atoms with van der Waals surface area (Å²) < 4.78 is 48.7. The van der Waals surface area contributed by atoms with E-state index < -0.39 is 29.0 Å². The summed E-state index contributed by atoms with van der Waals surface area (Å²) in [5.74, 6) is -4.23. The molecule has 3 N–H and O–H groups in total. The fourth-order valence-corrected chi connectivity index (χ4v) is 2.50. The van der Waals surface area contributed by atoms with Crippen LogP contribution in [0.5, 0.6) is 0 Å². The van der Waals surface area contributed by atoms with E-state index in [1.165, 1.54) is 18.2 Å². The first-order valence-corrected chi connectivity index (χ1v) is 9.23. The second-order valence-electron chi connectivity index (χ2n) is 6.21. The summed E-state index contributed by atoms with van der Waals surface area (Å²) in [6.45, 7) is 4.80. The summed E-state index contributed by atoms with van der Waals surface area (Å²) in [5.41, 5.74) is 1.38. The Morgan fingerprint density at radius 3 is 2.60 bits per heavy atom. The van der Waals surface area contributed by atoms with Gasteiger partial charge in [0, 0.05) is 5.56 Å². The van der Waals surface area contributed by atoms with Crippen LogP contribution in [0.15, 0.2) is 30.8 Å². The van der Waals surface area contributed by atoms with Crippen molar-refractivity contribution in [3.05, 3.63) is 65.0 Å². The first kappa shape index (κ1) is 23.4. The van der Waals surface area contributed by atoms with E-state index >= 15 is 0 Å². The lowest BCUT2D eigenvalue weighted by molar-refractivity contribution is 0.0315. The molecule has 0 radical (unpaired) electrons. The maximum Gasteiger partial charge on any atom is 0.277 e. The summed E-state index contributed by atoms with van der Waals surface area (Å²) in [6, 6.07) is 5.08. The fraction of sp³-hybridized carbons (Fsp3) is 0.286. The van der Waals surface area contributed by atoms with Crippen molar-refractivity contribution in [2.45, 2.75) is 20.0 Å². The van der Waals surface area contributed by atoms with Crippen LogP contribution in [0.2, 0.25) is 0 Å². The van der Waals surface area contributed by atoms with Crippen molar-refractivity contribution in [2.24, 2.45) is 0 Å². The molecule has 2 aromatic rings. The summed E-state index contributed by atoms with van der Waals surface area (Å²) in [7, 11) is 0. The fourth-order valence-electron chi connectivity index (χ4n) is 2.50. The Balaban J connectivity index is 2.46. The first-order chi connectivity index (χ1) is 14.4. The first-order valence-electron chi connectivity index (χ1n) is 9.23. The highest BCUT2D eigenvalue weighted by atomic mass is 19.2. The molecule has 162 valence electrons. The van der Waals surface area contributed by atoms with Crippen LogP contribution in [-0.4, -0.2) is 30.8 Å². The zero-order valence-electron chi connectivity index (χ0n) is 16.4. The Kier molecular flexibility index (Phi) is 8.85. The van der Waals surface area contributed by atoms with Gasteiger partial charge in [0.25, 0.3) is 5.91 Å². The molecule has 0 heterocycles. The lowest BCUT2D eigenvalue weighted by Crippen LogP contribution is -2.26. The predicted octanol–water partition coefficient (Wildman–Crippen LogP) is 4.07. The van der Waals surface area contributed by atoms with Gasteiger partial charge in [-0.1, -0.05) is 25.6 Å². The standard InChI is InChI=1S/C21H23F3N2O4/c1-3-8-30-26-21(28)15-11-14(12-29-9-7-27)18(23)19(24)20(15)25-17-6-5-13(4-2)10-16(17)22/h4-6,10-11,25,27H,2-3,7-9,12H2,1H3,(H,26,28). The quantitative estimate of drug-likeness (QED) is 0.374. The van der Waals surface area contributed by atoms with Crippen molar-refractivity contribution in [1.82, 2.24) is 5.48 Å². The lowest BCUT2D eigenvalue weighted by Gasteiger charge is -2.17. The second kappa shape index (κ2) is 11.3. The molecule has 9 heteroatoms. The zero-order chi connectivity index (χ0) is 22.1. The molecule has 0 unspecified atom stereocenters. The molecule has 0 aliphatic heterocycles. The third-order valence-corrected chi connectivity index (χ3v) is 3.98. The van der Waals surface area contributed by atoms with Gasteiger partial charge in [0.1, 0.15) is 5.82 Å². The van der Waals surface area contributed by atoms with E-state index in [9.17, 15) is 18.0 Å². The number of hydrogen-bond donors (Lipinski definition) is 3. The van der Waals surface area contributed by atoms with Gasteiger partial charge in [-0.3, -0.25) is 9.63 Å². The number of aliphatic hydroxyl groups is 1. The number of carbonyl (C=O) groups excluding carboxylic acids is 1. The number of halogens is 3. The van der Waals surface area contributed by atoms with E-state index in [1.807, 2.05) is 6.92 Å². The summed E-state index contributed by atoms with van der Waals surface area (Å²) in [6.07, 6.45) is 2.04. The number of hydrogen-bond acceptors (Lipinski definition) is 5. The highest BCUT2D eigenvalue weighted by Crippen LogP contribution is 2.30. The van der Waals surface area contributed by atoms with Crippen LogP contribution >= 0.6 is 0 Å². The minimum atomic E-state index is -1.38. The predicted molar refractivity (Wildman–Crippen MR) is 107 cm³/mol.